The van der Waals surface area contributed by atoms with Gasteiger partial charge in [0, 0.05) is 0 Å². The second-order valence-electron chi connectivity index (χ2n) is 3.35. The van der Waals surface area contributed by atoms with Gasteiger partial charge in [0.1, 0.15) is 0 Å². The van der Waals surface area contributed by atoms with Gasteiger partial charge in [-0.15, -0.1) is 0 Å². The van der Waals surface area contributed by atoms with Crippen LogP contribution in [-0.4, -0.2) is 17.7 Å². The van der Waals surface area contributed by atoms with Crippen LogP contribution in [-0.2, 0) is 22.3 Å². The van der Waals surface area contributed by atoms with E-state index in [0.717, 1.165) is 6.07 Å². The van der Waals surface area contributed by atoms with Crippen LogP contribution < -0.4 is 0 Å². The molecule has 0 aliphatic heterocycles. The van der Waals surface area contributed by atoms with E-state index in [1.807, 2.05) is 0 Å². The second kappa shape index (κ2) is 5.67. The minimum atomic E-state index is -4.42. The third-order valence-electron chi connectivity index (χ3n) is 2.04. The molecule has 0 spiro atoms. The Labute approximate surface area is 95.8 Å². The number of carboxylic acid groups (broad SMARTS) is 1. The fourth-order valence-corrected chi connectivity index (χ4v) is 1.26. The summed E-state index contributed by atoms with van der Waals surface area (Å²) in [6.45, 7) is -0.357. The van der Waals surface area contributed by atoms with Crippen LogP contribution in [0.2, 0.25) is 0 Å². The summed E-state index contributed by atoms with van der Waals surface area (Å²) in [6, 6.07) is 5.05. The number of hydrogen-bond donors (Lipinski definition) is 1. The minimum Gasteiger partial charge on any atom is -0.481 e. The van der Waals surface area contributed by atoms with Gasteiger partial charge in [0.15, 0.2) is 0 Å². The fourth-order valence-electron chi connectivity index (χ4n) is 1.26. The van der Waals surface area contributed by atoms with Crippen LogP contribution in [0.4, 0.5) is 13.2 Å². The van der Waals surface area contributed by atoms with Gasteiger partial charge in [-0.2, -0.15) is 13.2 Å². The van der Waals surface area contributed by atoms with E-state index in [2.05, 4.69) is 0 Å². The lowest BCUT2D eigenvalue weighted by Gasteiger charge is -2.12. The summed E-state index contributed by atoms with van der Waals surface area (Å²) < 4.78 is 42.5. The van der Waals surface area contributed by atoms with Crippen LogP contribution in [0.15, 0.2) is 24.3 Å². The predicted molar refractivity (Wildman–Crippen MR) is 53.4 cm³/mol. The maximum atomic E-state index is 12.5. The molecule has 0 atom stereocenters. The maximum absolute atomic E-state index is 12.5. The molecule has 0 aromatic heterocycles. The Hall–Kier alpha value is -1.56. The zero-order chi connectivity index (χ0) is 12.9. The highest BCUT2D eigenvalue weighted by atomic mass is 19.4. The highest BCUT2D eigenvalue weighted by molar-refractivity contribution is 5.66. The molecule has 0 amide bonds. The van der Waals surface area contributed by atoms with Crippen molar-refractivity contribution in [2.75, 3.05) is 6.61 Å². The molecule has 1 N–H and O–H groups in total. The summed E-state index contributed by atoms with van der Waals surface area (Å²) in [6.07, 6.45) is -4.65. The summed E-state index contributed by atoms with van der Waals surface area (Å²) in [4.78, 5) is 10.2. The van der Waals surface area contributed by atoms with Crippen LogP contribution >= 0.6 is 0 Å². The topological polar surface area (TPSA) is 46.5 Å². The molecule has 0 saturated heterocycles. The highest BCUT2D eigenvalue weighted by Crippen LogP contribution is 2.32. The molecule has 6 heteroatoms. The van der Waals surface area contributed by atoms with Crippen LogP contribution in [0.3, 0.4) is 0 Å². The van der Waals surface area contributed by atoms with Crippen molar-refractivity contribution in [3.63, 3.8) is 0 Å². The van der Waals surface area contributed by atoms with Crippen LogP contribution in [0.1, 0.15) is 17.5 Å². The molecule has 0 fully saturated rings. The molecule has 1 aromatic carbocycles. The zero-order valence-corrected chi connectivity index (χ0v) is 8.83. The van der Waals surface area contributed by atoms with Gasteiger partial charge in [0.05, 0.1) is 25.2 Å². The quantitative estimate of drug-likeness (QED) is 0.815. The Morgan fingerprint density at radius 3 is 2.53 bits per heavy atom. The van der Waals surface area contributed by atoms with Crippen molar-refractivity contribution in [1.82, 2.24) is 0 Å². The first kappa shape index (κ1) is 13.5. The molecule has 1 rings (SSSR count). The standard InChI is InChI=1S/C11H11F3O3/c12-11(13,14)9-4-2-1-3-8(9)7-17-6-5-10(15)16/h1-4H,5-7H2,(H,15,16). The lowest BCUT2D eigenvalue weighted by atomic mass is 10.1. The molecule has 1 aromatic rings. The Balaban J connectivity index is 2.62. The van der Waals surface area contributed by atoms with Gasteiger partial charge in [-0.05, 0) is 11.6 Å². The summed E-state index contributed by atoms with van der Waals surface area (Å²) in [7, 11) is 0. The average Bonchev–Trinajstić information content (AvgIpc) is 2.23. The number of aliphatic carboxylic acids is 1. The number of benzene rings is 1. The number of carbonyl (C=O) groups is 1. The van der Waals surface area contributed by atoms with E-state index in [1.54, 1.807) is 0 Å². The monoisotopic (exact) mass is 248 g/mol. The normalized spacial score (nSPS) is 11.5. The minimum absolute atomic E-state index is 0.00499. The first-order chi connectivity index (χ1) is 7.91. The molecule has 3 nitrogen and oxygen atoms in total. The van der Waals surface area contributed by atoms with Crippen molar-refractivity contribution >= 4 is 5.97 Å². The molecule has 0 aliphatic rings. The summed E-state index contributed by atoms with van der Waals surface area (Å²) >= 11 is 0. The third-order valence-corrected chi connectivity index (χ3v) is 2.04. The van der Waals surface area contributed by atoms with Gasteiger partial charge in [-0.25, -0.2) is 0 Å². The zero-order valence-electron chi connectivity index (χ0n) is 8.83. The Morgan fingerprint density at radius 1 is 1.29 bits per heavy atom. The molecule has 0 bridgehead atoms. The van der Waals surface area contributed by atoms with Crippen molar-refractivity contribution in [2.45, 2.75) is 19.2 Å². The molecule has 0 saturated carbocycles. The van der Waals surface area contributed by atoms with Crippen molar-refractivity contribution in [2.24, 2.45) is 0 Å². The Bertz CT molecular complexity index is 388. The predicted octanol–water partition coefficient (Wildman–Crippen LogP) is 2.70. The Kier molecular flexibility index (Phi) is 4.51. The smallest absolute Gasteiger partial charge is 0.416 e. The molecular formula is C11H11F3O3. The fraction of sp³-hybridized carbons (Fsp3) is 0.364. The molecule has 17 heavy (non-hydrogen) atoms. The van der Waals surface area contributed by atoms with E-state index in [9.17, 15) is 18.0 Å². The molecule has 0 aliphatic carbocycles. The van der Waals surface area contributed by atoms with Crippen molar-refractivity contribution in [3.05, 3.63) is 35.4 Å². The van der Waals surface area contributed by atoms with E-state index in [-0.39, 0.29) is 25.2 Å². The SMILES string of the molecule is O=C(O)CCOCc1ccccc1C(F)(F)F. The van der Waals surface area contributed by atoms with Gasteiger partial charge in [0.2, 0.25) is 0 Å². The van der Waals surface area contributed by atoms with E-state index < -0.39 is 17.7 Å². The number of ether oxygens (including phenoxy) is 1. The molecular weight excluding hydrogens is 237 g/mol. The number of carboxylic acids is 1. The van der Waals surface area contributed by atoms with Gasteiger partial charge >= 0.3 is 12.1 Å². The third kappa shape index (κ3) is 4.44. The van der Waals surface area contributed by atoms with Gasteiger partial charge in [-0.3, -0.25) is 4.79 Å². The molecule has 94 valence electrons. The molecule has 0 radical (unpaired) electrons. The number of rotatable bonds is 5. The van der Waals surface area contributed by atoms with Crippen molar-refractivity contribution in [3.8, 4) is 0 Å². The largest absolute Gasteiger partial charge is 0.481 e. The van der Waals surface area contributed by atoms with E-state index in [4.69, 9.17) is 9.84 Å². The lowest BCUT2D eigenvalue weighted by Crippen LogP contribution is -2.10. The Morgan fingerprint density at radius 2 is 1.94 bits per heavy atom. The highest BCUT2D eigenvalue weighted by Gasteiger charge is 2.32. The van der Waals surface area contributed by atoms with Crippen molar-refractivity contribution in [1.29, 1.82) is 0 Å². The maximum Gasteiger partial charge on any atom is 0.416 e. The average molecular weight is 248 g/mol. The summed E-state index contributed by atoms with van der Waals surface area (Å²) in [5, 5.41) is 8.33. The first-order valence-corrected chi connectivity index (χ1v) is 4.86. The number of alkyl halides is 3. The van der Waals surface area contributed by atoms with Crippen LogP contribution in [0.25, 0.3) is 0 Å². The van der Waals surface area contributed by atoms with Crippen LogP contribution in [0.5, 0.6) is 0 Å². The number of halogens is 3. The van der Waals surface area contributed by atoms with Gasteiger partial charge in [0.25, 0.3) is 0 Å². The van der Waals surface area contributed by atoms with Gasteiger partial charge in [-0.1, -0.05) is 18.2 Å². The summed E-state index contributed by atoms with van der Waals surface area (Å²) in [5.41, 5.74) is -0.749. The first-order valence-electron chi connectivity index (χ1n) is 4.86. The van der Waals surface area contributed by atoms with E-state index in [1.165, 1.54) is 18.2 Å². The van der Waals surface area contributed by atoms with E-state index in [0.29, 0.717) is 0 Å². The van der Waals surface area contributed by atoms with Crippen molar-refractivity contribution < 1.29 is 27.8 Å². The second-order valence-corrected chi connectivity index (χ2v) is 3.35. The lowest BCUT2D eigenvalue weighted by molar-refractivity contribution is -0.140. The van der Waals surface area contributed by atoms with Crippen LogP contribution in [0, 0.1) is 0 Å². The van der Waals surface area contributed by atoms with E-state index >= 15 is 0 Å². The molecule has 0 unspecified atom stereocenters. The number of hydrogen-bond acceptors (Lipinski definition) is 2. The summed E-state index contributed by atoms with van der Waals surface area (Å²) in [5.74, 6) is -1.05. The molecule has 0 heterocycles. The van der Waals surface area contributed by atoms with Gasteiger partial charge < -0.3 is 9.84 Å².